The molecule has 2 unspecified atom stereocenters. The van der Waals surface area contributed by atoms with Crippen LogP contribution >= 0.6 is 0 Å². The number of carbonyl (C=O) groups is 2. The SMILES string of the molecule is CC1(C(=O)O)CCCCC1NC(=O)CCOCC(F)(F)F. The van der Waals surface area contributed by atoms with Gasteiger partial charge in [-0.2, -0.15) is 13.2 Å². The molecule has 2 atom stereocenters. The third kappa shape index (κ3) is 5.53. The van der Waals surface area contributed by atoms with E-state index < -0.39 is 36.1 Å². The summed E-state index contributed by atoms with van der Waals surface area (Å²) in [5.41, 5.74) is -1.03. The largest absolute Gasteiger partial charge is 0.481 e. The highest BCUT2D eigenvalue weighted by atomic mass is 19.4. The lowest BCUT2D eigenvalue weighted by Crippen LogP contribution is -2.52. The predicted molar refractivity (Wildman–Crippen MR) is 67.6 cm³/mol. The molecule has 0 aromatic rings. The lowest BCUT2D eigenvalue weighted by molar-refractivity contribution is -0.174. The molecule has 0 bridgehead atoms. The van der Waals surface area contributed by atoms with Crippen LogP contribution < -0.4 is 5.32 Å². The van der Waals surface area contributed by atoms with E-state index in [4.69, 9.17) is 0 Å². The average molecular weight is 311 g/mol. The van der Waals surface area contributed by atoms with Crippen molar-refractivity contribution >= 4 is 11.9 Å². The van der Waals surface area contributed by atoms with Crippen molar-refractivity contribution in [3.05, 3.63) is 0 Å². The van der Waals surface area contributed by atoms with E-state index >= 15 is 0 Å². The maximum absolute atomic E-state index is 11.9. The highest BCUT2D eigenvalue weighted by Crippen LogP contribution is 2.36. The van der Waals surface area contributed by atoms with Crippen LogP contribution in [0.1, 0.15) is 39.0 Å². The zero-order valence-electron chi connectivity index (χ0n) is 11.8. The molecule has 0 heterocycles. The van der Waals surface area contributed by atoms with Gasteiger partial charge in [-0.1, -0.05) is 12.8 Å². The van der Waals surface area contributed by atoms with Gasteiger partial charge >= 0.3 is 12.1 Å². The summed E-state index contributed by atoms with van der Waals surface area (Å²) in [5, 5.41) is 11.9. The van der Waals surface area contributed by atoms with Crippen LogP contribution in [0.3, 0.4) is 0 Å². The maximum atomic E-state index is 11.9. The Kier molecular flexibility index (Phi) is 6.00. The smallest absolute Gasteiger partial charge is 0.411 e. The molecule has 5 nitrogen and oxygen atoms in total. The number of carboxylic acid groups (broad SMARTS) is 1. The third-order valence-electron chi connectivity index (χ3n) is 3.77. The first-order valence-electron chi connectivity index (χ1n) is 6.82. The minimum Gasteiger partial charge on any atom is -0.481 e. The fraction of sp³-hybridized carbons (Fsp3) is 0.846. The molecule has 0 aliphatic heterocycles. The van der Waals surface area contributed by atoms with E-state index in [0.29, 0.717) is 12.8 Å². The number of amides is 1. The minimum absolute atomic E-state index is 0.220. The normalized spacial score (nSPS) is 26.4. The van der Waals surface area contributed by atoms with Gasteiger partial charge in [-0.05, 0) is 19.8 Å². The predicted octanol–water partition coefficient (Wildman–Crippen LogP) is 2.11. The molecular weight excluding hydrogens is 291 g/mol. The average Bonchev–Trinajstić information content (AvgIpc) is 2.36. The number of aliphatic carboxylic acids is 1. The number of hydrogen-bond donors (Lipinski definition) is 2. The molecule has 8 heteroatoms. The summed E-state index contributed by atoms with van der Waals surface area (Å²) in [6.07, 6.45) is -2.01. The van der Waals surface area contributed by atoms with E-state index in [-0.39, 0.29) is 13.0 Å². The Morgan fingerprint density at radius 3 is 2.62 bits per heavy atom. The van der Waals surface area contributed by atoms with Crippen molar-refractivity contribution in [1.29, 1.82) is 0 Å². The number of carboxylic acids is 1. The van der Waals surface area contributed by atoms with Crippen molar-refractivity contribution in [2.24, 2.45) is 5.41 Å². The summed E-state index contributed by atoms with van der Waals surface area (Å²) >= 11 is 0. The lowest BCUT2D eigenvalue weighted by atomic mass is 9.71. The first kappa shape index (κ1) is 17.7. The minimum atomic E-state index is -4.41. The van der Waals surface area contributed by atoms with Crippen LogP contribution in [0.15, 0.2) is 0 Å². The number of nitrogens with one attached hydrogen (secondary N) is 1. The molecule has 2 N–H and O–H groups in total. The first-order valence-corrected chi connectivity index (χ1v) is 6.82. The van der Waals surface area contributed by atoms with Gasteiger partial charge in [0.25, 0.3) is 0 Å². The summed E-state index contributed by atoms with van der Waals surface area (Å²) in [5.74, 6) is -1.46. The number of halogens is 3. The van der Waals surface area contributed by atoms with Gasteiger partial charge in [-0.15, -0.1) is 0 Å². The molecule has 1 amide bonds. The molecule has 0 saturated heterocycles. The van der Waals surface area contributed by atoms with Crippen LogP contribution in [0.5, 0.6) is 0 Å². The number of ether oxygens (including phenoxy) is 1. The van der Waals surface area contributed by atoms with Crippen LogP contribution in [-0.4, -0.2) is 42.4 Å². The Hall–Kier alpha value is -1.31. The number of carbonyl (C=O) groups excluding carboxylic acids is 1. The van der Waals surface area contributed by atoms with Gasteiger partial charge in [-0.3, -0.25) is 9.59 Å². The highest BCUT2D eigenvalue weighted by Gasteiger charge is 2.43. The topological polar surface area (TPSA) is 75.6 Å². The van der Waals surface area contributed by atoms with E-state index in [1.165, 1.54) is 0 Å². The molecule has 0 aromatic heterocycles. The molecule has 0 aromatic carbocycles. The molecule has 1 aliphatic rings. The first-order chi connectivity index (χ1) is 9.65. The Balaban J connectivity index is 2.40. The molecule has 1 saturated carbocycles. The van der Waals surface area contributed by atoms with Gasteiger partial charge in [0.15, 0.2) is 0 Å². The summed E-state index contributed by atoms with van der Waals surface area (Å²) < 4.78 is 39.9. The number of hydrogen-bond acceptors (Lipinski definition) is 3. The molecule has 21 heavy (non-hydrogen) atoms. The van der Waals surface area contributed by atoms with Gasteiger partial charge in [0, 0.05) is 12.5 Å². The van der Waals surface area contributed by atoms with Gasteiger partial charge in [0.1, 0.15) is 6.61 Å². The van der Waals surface area contributed by atoms with Crippen molar-refractivity contribution in [1.82, 2.24) is 5.32 Å². The van der Waals surface area contributed by atoms with E-state index in [1.807, 2.05) is 0 Å². The second kappa shape index (κ2) is 7.11. The number of alkyl halides is 3. The monoisotopic (exact) mass is 311 g/mol. The van der Waals surface area contributed by atoms with Gasteiger partial charge in [-0.25, -0.2) is 0 Å². The number of rotatable bonds is 6. The Bertz CT molecular complexity index is 386. The van der Waals surface area contributed by atoms with Crippen LogP contribution in [0.25, 0.3) is 0 Å². The fourth-order valence-electron chi connectivity index (χ4n) is 2.44. The van der Waals surface area contributed by atoms with Crippen molar-refractivity contribution in [3.8, 4) is 0 Å². The third-order valence-corrected chi connectivity index (χ3v) is 3.77. The Morgan fingerprint density at radius 1 is 1.38 bits per heavy atom. The second-order valence-corrected chi connectivity index (χ2v) is 5.51. The molecule has 1 aliphatic carbocycles. The van der Waals surface area contributed by atoms with Crippen LogP contribution in [0, 0.1) is 5.41 Å². The van der Waals surface area contributed by atoms with Crippen LogP contribution in [0.4, 0.5) is 13.2 Å². The lowest BCUT2D eigenvalue weighted by Gasteiger charge is -2.38. The zero-order chi connectivity index (χ0) is 16.1. The maximum Gasteiger partial charge on any atom is 0.411 e. The molecule has 1 fully saturated rings. The van der Waals surface area contributed by atoms with Crippen molar-refractivity contribution in [2.75, 3.05) is 13.2 Å². The van der Waals surface area contributed by atoms with E-state index in [0.717, 1.165) is 12.8 Å². The fourth-order valence-corrected chi connectivity index (χ4v) is 2.44. The Labute approximate surface area is 120 Å². The van der Waals surface area contributed by atoms with Crippen molar-refractivity contribution in [2.45, 2.75) is 51.2 Å². The molecule has 0 spiro atoms. The quantitative estimate of drug-likeness (QED) is 0.737. The van der Waals surface area contributed by atoms with E-state index in [1.54, 1.807) is 6.92 Å². The van der Waals surface area contributed by atoms with Crippen molar-refractivity contribution < 1.29 is 32.6 Å². The zero-order valence-corrected chi connectivity index (χ0v) is 11.8. The molecule has 122 valence electrons. The summed E-state index contributed by atoms with van der Waals surface area (Å²) in [4.78, 5) is 23.0. The molecule has 1 rings (SSSR count). The second-order valence-electron chi connectivity index (χ2n) is 5.51. The van der Waals surface area contributed by atoms with Gasteiger partial charge < -0.3 is 15.2 Å². The van der Waals surface area contributed by atoms with E-state index in [2.05, 4.69) is 10.1 Å². The van der Waals surface area contributed by atoms with Crippen molar-refractivity contribution in [3.63, 3.8) is 0 Å². The summed E-state index contributed by atoms with van der Waals surface area (Å²) in [7, 11) is 0. The van der Waals surface area contributed by atoms with Crippen LogP contribution in [0.2, 0.25) is 0 Å². The summed E-state index contributed by atoms with van der Waals surface area (Å²) in [6, 6.07) is -0.501. The van der Waals surface area contributed by atoms with Gasteiger partial charge in [0.2, 0.25) is 5.91 Å². The Morgan fingerprint density at radius 2 is 2.05 bits per heavy atom. The highest BCUT2D eigenvalue weighted by molar-refractivity contribution is 5.80. The standard InChI is InChI=1S/C13H20F3NO4/c1-12(11(19)20)6-3-2-4-9(12)17-10(18)5-7-21-8-13(14,15)16/h9H,2-8H2,1H3,(H,17,18)(H,19,20). The van der Waals surface area contributed by atoms with E-state index in [9.17, 15) is 27.9 Å². The van der Waals surface area contributed by atoms with Gasteiger partial charge in [0.05, 0.1) is 12.0 Å². The van der Waals surface area contributed by atoms with Crippen LogP contribution in [-0.2, 0) is 14.3 Å². The summed E-state index contributed by atoms with van der Waals surface area (Å²) in [6.45, 7) is -0.155. The molecule has 0 radical (unpaired) electrons. The molecular formula is C13H20F3NO4.